The first kappa shape index (κ1) is 14.0. The SMILES string of the molecule is CCC(C)(CCCC(C)CC=O)SC. The van der Waals surface area contributed by atoms with Crippen LogP contribution in [0.25, 0.3) is 0 Å². The molecule has 0 aromatic heterocycles. The molecular formula is C12H24OS. The van der Waals surface area contributed by atoms with Gasteiger partial charge in [-0.05, 0) is 25.0 Å². The fourth-order valence-corrected chi connectivity index (χ4v) is 2.17. The highest BCUT2D eigenvalue weighted by atomic mass is 32.2. The van der Waals surface area contributed by atoms with Crippen molar-refractivity contribution in [1.29, 1.82) is 0 Å². The number of hydrogen-bond donors (Lipinski definition) is 0. The Morgan fingerprint density at radius 1 is 1.50 bits per heavy atom. The van der Waals surface area contributed by atoms with Crippen molar-refractivity contribution in [3.63, 3.8) is 0 Å². The van der Waals surface area contributed by atoms with Crippen LogP contribution < -0.4 is 0 Å². The van der Waals surface area contributed by atoms with E-state index in [0.717, 1.165) is 12.7 Å². The Kier molecular flexibility index (Phi) is 7.34. The van der Waals surface area contributed by atoms with Crippen molar-refractivity contribution in [3.8, 4) is 0 Å². The van der Waals surface area contributed by atoms with Gasteiger partial charge in [-0.2, -0.15) is 11.8 Å². The normalized spacial score (nSPS) is 17.4. The lowest BCUT2D eigenvalue weighted by Gasteiger charge is -2.26. The zero-order chi connectivity index (χ0) is 11.0. The van der Waals surface area contributed by atoms with Crippen LogP contribution in [-0.4, -0.2) is 17.3 Å². The van der Waals surface area contributed by atoms with E-state index in [2.05, 4.69) is 27.0 Å². The van der Waals surface area contributed by atoms with E-state index in [4.69, 9.17) is 0 Å². The van der Waals surface area contributed by atoms with Gasteiger partial charge in [0.15, 0.2) is 0 Å². The lowest BCUT2D eigenvalue weighted by molar-refractivity contribution is -0.108. The van der Waals surface area contributed by atoms with E-state index in [1.807, 2.05) is 11.8 Å². The van der Waals surface area contributed by atoms with Gasteiger partial charge in [-0.3, -0.25) is 0 Å². The molecular weight excluding hydrogens is 192 g/mol. The largest absolute Gasteiger partial charge is 0.303 e. The Bertz CT molecular complexity index is 152. The van der Waals surface area contributed by atoms with Crippen molar-refractivity contribution in [2.75, 3.05) is 6.26 Å². The molecule has 2 unspecified atom stereocenters. The molecule has 0 radical (unpaired) electrons. The average Bonchev–Trinajstić information content (AvgIpc) is 2.18. The van der Waals surface area contributed by atoms with E-state index in [1.54, 1.807) is 0 Å². The van der Waals surface area contributed by atoms with Crippen molar-refractivity contribution in [3.05, 3.63) is 0 Å². The maximum absolute atomic E-state index is 10.3. The van der Waals surface area contributed by atoms with Crippen LogP contribution in [-0.2, 0) is 4.79 Å². The van der Waals surface area contributed by atoms with Gasteiger partial charge in [-0.15, -0.1) is 0 Å². The highest BCUT2D eigenvalue weighted by Crippen LogP contribution is 2.32. The van der Waals surface area contributed by atoms with E-state index in [9.17, 15) is 4.79 Å². The molecule has 0 heterocycles. The Balaban J connectivity index is 3.66. The lowest BCUT2D eigenvalue weighted by Crippen LogP contribution is -2.18. The van der Waals surface area contributed by atoms with Crippen LogP contribution in [0.3, 0.4) is 0 Å². The fraction of sp³-hybridized carbons (Fsp3) is 0.917. The van der Waals surface area contributed by atoms with E-state index < -0.39 is 0 Å². The summed E-state index contributed by atoms with van der Waals surface area (Å²) in [4.78, 5) is 10.3. The maximum Gasteiger partial charge on any atom is 0.120 e. The summed E-state index contributed by atoms with van der Waals surface area (Å²) in [6, 6.07) is 0. The summed E-state index contributed by atoms with van der Waals surface area (Å²) < 4.78 is 0.445. The molecule has 0 N–H and O–H groups in total. The summed E-state index contributed by atoms with van der Waals surface area (Å²) in [6.45, 7) is 6.75. The highest BCUT2D eigenvalue weighted by molar-refractivity contribution is 7.99. The molecule has 0 aliphatic heterocycles. The molecule has 2 heteroatoms. The third kappa shape index (κ3) is 5.69. The van der Waals surface area contributed by atoms with Crippen LogP contribution in [0.1, 0.15) is 52.9 Å². The molecule has 1 nitrogen and oxygen atoms in total. The van der Waals surface area contributed by atoms with Crippen molar-refractivity contribution in [2.24, 2.45) is 5.92 Å². The zero-order valence-corrected chi connectivity index (χ0v) is 10.8. The Morgan fingerprint density at radius 3 is 2.57 bits per heavy atom. The fourth-order valence-electron chi connectivity index (χ4n) is 1.53. The minimum absolute atomic E-state index is 0.445. The monoisotopic (exact) mass is 216 g/mol. The molecule has 0 aromatic rings. The number of aldehydes is 1. The standard InChI is InChI=1S/C12H24OS/c1-5-12(3,14-4)9-6-7-11(2)8-10-13/h10-11H,5-9H2,1-4H3. The minimum Gasteiger partial charge on any atom is -0.303 e. The smallest absolute Gasteiger partial charge is 0.120 e. The molecule has 2 atom stereocenters. The second kappa shape index (κ2) is 7.33. The van der Waals surface area contributed by atoms with Gasteiger partial charge in [-0.25, -0.2) is 0 Å². The van der Waals surface area contributed by atoms with Crippen LogP contribution in [0.2, 0.25) is 0 Å². The second-order valence-corrected chi connectivity index (χ2v) is 5.80. The van der Waals surface area contributed by atoms with Crippen LogP contribution >= 0.6 is 11.8 Å². The summed E-state index contributed by atoms with van der Waals surface area (Å²) in [7, 11) is 0. The maximum atomic E-state index is 10.3. The molecule has 0 bridgehead atoms. The summed E-state index contributed by atoms with van der Waals surface area (Å²) in [5.41, 5.74) is 0. The molecule has 14 heavy (non-hydrogen) atoms. The van der Waals surface area contributed by atoms with Crippen molar-refractivity contribution in [1.82, 2.24) is 0 Å². The minimum atomic E-state index is 0.445. The number of hydrogen-bond acceptors (Lipinski definition) is 2. The summed E-state index contributed by atoms with van der Waals surface area (Å²) in [5.74, 6) is 0.565. The van der Waals surface area contributed by atoms with E-state index >= 15 is 0 Å². The van der Waals surface area contributed by atoms with Gasteiger partial charge in [0.2, 0.25) is 0 Å². The highest BCUT2D eigenvalue weighted by Gasteiger charge is 2.19. The molecule has 0 aliphatic rings. The van der Waals surface area contributed by atoms with Crippen molar-refractivity contribution in [2.45, 2.75) is 57.6 Å². The second-order valence-electron chi connectivity index (χ2n) is 4.41. The molecule has 0 fully saturated rings. The van der Waals surface area contributed by atoms with Gasteiger partial charge in [0.05, 0.1) is 0 Å². The third-order valence-corrected chi connectivity index (χ3v) is 4.62. The summed E-state index contributed by atoms with van der Waals surface area (Å²) in [5, 5.41) is 0. The van der Waals surface area contributed by atoms with Gasteiger partial charge in [0.25, 0.3) is 0 Å². The summed E-state index contributed by atoms with van der Waals surface area (Å²) >= 11 is 1.97. The van der Waals surface area contributed by atoms with E-state index in [-0.39, 0.29) is 0 Å². The number of thioether (sulfide) groups is 1. The lowest BCUT2D eigenvalue weighted by atomic mass is 9.95. The number of rotatable bonds is 8. The van der Waals surface area contributed by atoms with E-state index in [1.165, 1.54) is 25.7 Å². The van der Waals surface area contributed by atoms with Gasteiger partial charge >= 0.3 is 0 Å². The molecule has 0 aromatic carbocycles. The Labute approximate surface area is 93.0 Å². The quantitative estimate of drug-likeness (QED) is 0.572. The molecule has 84 valence electrons. The van der Waals surface area contributed by atoms with E-state index in [0.29, 0.717) is 10.7 Å². The first-order valence-corrected chi connectivity index (χ1v) is 6.79. The van der Waals surface area contributed by atoms with Gasteiger partial charge in [-0.1, -0.05) is 33.6 Å². The summed E-state index contributed by atoms with van der Waals surface area (Å²) in [6.07, 6.45) is 8.90. The number of carbonyl (C=O) groups excluding carboxylic acids is 1. The predicted octanol–water partition coefficient (Wildman–Crippen LogP) is 3.91. The van der Waals surface area contributed by atoms with Crippen LogP contribution in [0.15, 0.2) is 0 Å². The first-order chi connectivity index (χ1) is 6.58. The molecule has 0 rings (SSSR count). The van der Waals surface area contributed by atoms with Crippen LogP contribution in [0, 0.1) is 5.92 Å². The topological polar surface area (TPSA) is 17.1 Å². The molecule has 0 aliphatic carbocycles. The van der Waals surface area contributed by atoms with Gasteiger partial charge < -0.3 is 4.79 Å². The Hall–Kier alpha value is 0.0200. The predicted molar refractivity (Wildman–Crippen MR) is 65.9 cm³/mol. The Morgan fingerprint density at radius 2 is 2.14 bits per heavy atom. The van der Waals surface area contributed by atoms with Crippen molar-refractivity contribution < 1.29 is 4.79 Å². The third-order valence-electron chi connectivity index (χ3n) is 3.14. The van der Waals surface area contributed by atoms with Crippen molar-refractivity contribution >= 4 is 18.0 Å². The van der Waals surface area contributed by atoms with Crippen LogP contribution in [0.5, 0.6) is 0 Å². The van der Waals surface area contributed by atoms with Gasteiger partial charge in [0, 0.05) is 11.2 Å². The molecule has 0 saturated carbocycles. The van der Waals surface area contributed by atoms with Gasteiger partial charge in [0.1, 0.15) is 6.29 Å². The molecule has 0 spiro atoms. The molecule has 0 amide bonds. The average molecular weight is 216 g/mol. The zero-order valence-electron chi connectivity index (χ0n) is 10.0. The van der Waals surface area contributed by atoms with Crippen LogP contribution in [0.4, 0.5) is 0 Å². The number of carbonyl (C=O) groups is 1. The first-order valence-electron chi connectivity index (χ1n) is 5.56. The molecule has 0 saturated heterocycles.